The molecule has 1 saturated heterocycles. The van der Waals surface area contributed by atoms with Crippen LogP contribution in [0.1, 0.15) is 16.7 Å². The zero-order valence-corrected chi connectivity index (χ0v) is 21.5. The molecular weight excluding hydrogens is 518 g/mol. The van der Waals surface area contributed by atoms with Crippen LogP contribution in [0.25, 0.3) is 6.08 Å². The minimum absolute atomic E-state index is 0.0268. The molecule has 0 saturated carbocycles. The van der Waals surface area contributed by atoms with Crippen LogP contribution in [0.5, 0.6) is 0 Å². The Morgan fingerprint density at radius 3 is 2.42 bits per heavy atom. The summed E-state index contributed by atoms with van der Waals surface area (Å²) in [4.78, 5) is 30.4. The number of aliphatic imine (C=N–C) groups is 1. The summed E-state index contributed by atoms with van der Waals surface area (Å²) < 4.78 is 27.7. The van der Waals surface area contributed by atoms with E-state index in [2.05, 4.69) is 15.0 Å². The number of halogens is 1. The van der Waals surface area contributed by atoms with Crippen LogP contribution >= 0.6 is 23.4 Å². The Labute approximate surface area is 218 Å². The summed E-state index contributed by atoms with van der Waals surface area (Å²) in [6.07, 6.45) is 1.78. The van der Waals surface area contributed by atoms with Crippen LogP contribution in [0.3, 0.4) is 0 Å². The number of carbonyl (C=O) groups is 2. The largest absolute Gasteiger partial charge is 0.301 e. The number of carbonyl (C=O) groups excluding carboxylic acids is 2. The van der Waals surface area contributed by atoms with Gasteiger partial charge in [-0.3, -0.25) is 9.59 Å². The van der Waals surface area contributed by atoms with Gasteiger partial charge in [-0.25, -0.2) is 18.1 Å². The smallest absolute Gasteiger partial charge is 0.264 e. The molecule has 10 heteroatoms. The average Bonchev–Trinajstić information content (AvgIpc) is 3.19. The van der Waals surface area contributed by atoms with Gasteiger partial charge in [-0.1, -0.05) is 77.8 Å². The van der Waals surface area contributed by atoms with Crippen LogP contribution in [-0.4, -0.2) is 31.4 Å². The zero-order valence-electron chi connectivity index (χ0n) is 19.1. The second-order valence-corrected chi connectivity index (χ2v) is 11.1. The number of nitrogens with zero attached hydrogens (tertiary/aromatic N) is 1. The van der Waals surface area contributed by atoms with Crippen LogP contribution < -0.4 is 10.0 Å². The molecule has 0 unspecified atom stereocenters. The Morgan fingerprint density at radius 1 is 1.06 bits per heavy atom. The topological polar surface area (TPSA) is 105 Å². The number of amidine groups is 1. The number of thioether (sulfide) groups is 1. The van der Waals surface area contributed by atoms with Crippen molar-refractivity contribution in [2.75, 3.05) is 0 Å². The van der Waals surface area contributed by atoms with Gasteiger partial charge in [-0.2, -0.15) is 0 Å². The molecule has 0 radical (unpaired) electrons. The van der Waals surface area contributed by atoms with E-state index >= 15 is 0 Å². The van der Waals surface area contributed by atoms with E-state index in [4.69, 9.17) is 11.6 Å². The lowest BCUT2D eigenvalue weighted by Gasteiger charge is -2.14. The molecule has 2 N–H and O–H groups in total. The summed E-state index contributed by atoms with van der Waals surface area (Å²) in [7, 11) is -4.10. The third-order valence-corrected chi connectivity index (χ3v) is 7.89. The fourth-order valence-electron chi connectivity index (χ4n) is 3.37. The van der Waals surface area contributed by atoms with Gasteiger partial charge in [-0.05, 0) is 54.1 Å². The normalized spacial score (nSPS) is 16.7. The standard InChI is InChI=1S/C26H22ClN3O4S2/c1-17-11-13-20(14-12-17)36(33,34)30-24(31)22(15-18-7-3-2-4-8-18)28-26-29-25(32)23(35-26)16-19-9-5-6-10-21(19)27/h2-14,16,22H,15H2,1H3,(H,30,31)(H,28,29,32)/b23-16-/t22-/m0/s1. The fraction of sp³-hybridized carbons (Fsp3) is 0.115. The maximum atomic E-state index is 13.1. The van der Waals surface area contributed by atoms with Crippen LogP contribution in [-0.2, 0) is 26.0 Å². The third kappa shape index (κ3) is 6.42. The molecule has 2 amide bonds. The van der Waals surface area contributed by atoms with Crippen LogP contribution in [0, 0.1) is 6.92 Å². The first-order valence-electron chi connectivity index (χ1n) is 10.9. The first kappa shape index (κ1) is 25.7. The number of nitrogens with one attached hydrogen (secondary N) is 2. The van der Waals surface area contributed by atoms with Crippen molar-refractivity contribution in [3.63, 3.8) is 0 Å². The van der Waals surface area contributed by atoms with Gasteiger partial charge in [0.25, 0.3) is 21.8 Å². The number of sulfonamides is 1. The van der Waals surface area contributed by atoms with Crippen LogP contribution in [0.2, 0.25) is 5.02 Å². The SMILES string of the molecule is Cc1ccc(S(=O)(=O)NC(=O)[C@H](Cc2ccccc2)N=C2NC(=O)/C(=C/c3ccccc3Cl)S2)cc1. The lowest BCUT2D eigenvalue weighted by Crippen LogP contribution is -2.39. The first-order chi connectivity index (χ1) is 17.2. The molecule has 4 rings (SSSR count). The molecule has 0 aromatic heterocycles. The van der Waals surface area contributed by atoms with Gasteiger partial charge >= 0.3 is 0 Å². The lowest BCUT2D eigenvalue weighted by molar-refractivity contribution is -0.120. The number of benzene rings is 3. The molecule has 36 heavy (non-hydrogen) atoms. The minimum Gasteiger partial charge on any atom is -0.301 e. The van der Waals surface area contributed by atoms with Gasteiger partial charge in [0.05, 0.1) is 9.80 Å². The maximum Gasteiger partial charge on any atom is 0.264 e. The lowest BCUT2D eigenvalue weighted by atomic mass is 10.1. The van der Waals surface area contributed by atoms with E-state index in [1.165, 1.54) is 12.1 Å². The fourth-order valence-corrected chi connectivity index (χ4v) is 5.44. The Morgan fingerprint density at radius 2 is 1.72 bits per heavy atom. The highest BCUT2D eigenvalue weighted by Gasteiger charge is 2.29. The molecule has 7 nitrogen and oxygen atoms in total. The molecule has 1 heterocycles. The average molecular weight is 540 g/mol. The molecule has 3 aromatic carbocycles. The summed E-state index contributed by atoms with van der Waals surface area (Å²) >= 11 is 7.25. The Hall–Kier alpha value is -3.40. The summed E-state index contributed by atoms with van der Waals surface area (Å²) in [6, 6.07) is 21.3. The molecular formula is C26H22ClN3O4S2. The van der Waals surface area contributed by atoms with Gasteiger partial charge in [0.2, 0.25) is 0 Å². The van der Waals surface area contributed by atoms with E-state index in [1.807, 2.05) is 37.3 Å². The zero-order chi connectivity index (χ0) is 25.7. The molecule has 1 aliphatic heterocycles. The van der Waals surface area contributed by atoms with Crippen molar-refractivity contribution in [3.8, 4) is 0 Å². The molecule has 1 fully saturated rings. The van der Waals surface area contributed by atoms with E-state index in [0.717, 1.165) is 22.9 Å². The summed E-state index contributed by atoms with van der Waals surface area (Å²) in [5.41, 5.74) is 2.35. The van der Waals surface area contributed by atoms with E-state index in [1.54, 1.807) is 42.5 Å². The van der Waals surface area contributed by atoms with Gasteiger partial charge < -0.3 is 5.32 Å². The number of hydrogen-bond donors (Lipinski definition) is 2. The van der Waals surface area contributed by atoms with Crippen molar-refractivity contribution < 1.29 is 18.0 Å². The van der Waals surface area contributed by atoms with E-state index in [-0.39, 0.29) is 22.4 Å². The maximum absolute atomic E-state index is 13.1. The van der Waals surface area contributed by atoms with Gasteiger partial charge in [-0.15, -0.1) is 0 Å². The van der Waals surface area contributed by atoms with Gasteiger partial charge in [0, 0.05) is 11.4 Å². The van der Waals surface area contributed by atoms with Crippen molar-refractivity contribution in [3.05, 3.63) is 105 Å². The third-order valence-electron chi connectivity index (χ3n) is 5.26. The van der Waals surface area contributed by atoms with Crippen molar-refractivity contribution in [2.45, 2.75) is 24.3 Å². The monoisotopic (exact) mass is 539 g/mol. The van der Waals surface area contributed by atoms with E-state index in [0.29, 0.717) is 15.5 Å². The van der Waals surface area contributed by atoms with Crippen molar-refractivity contribution >= 4 is 56.4 Å². The summed E-state index contributed by atoms with van der Waals surface area (Å²) in [5.74, 6) is -1.19. The summed E-state index contributed by atoms with van der Waals surface area (Å²) in [6.45, 7) is 1.84. The first-order valence-corrected chi connectivity index (χ1v) is 13.6. The molecule has 3 aromatic rings. The predicted molar refractivity (Wildman–Crippen MR) is 143 cm³/mol. The predicted octanol–water partition coefficient (Wildman–Crippen LogP) is 4.32. The Balaban J connectivity index is 1.60. The van der Waals surface area contributed by atoms with E-state index in [9.17, 15) is 18.0 Å². The molecule has 0 spiro atoms. The Kier molecular flexibility index (Phi) is 7.93. The quantitative estimate of drug-likeness (QED) is 0.435. The highest BCUT2D eigenvalue weighted by atomic mass is 35.5. The number of aryl methyl sites for hydroxylation is 1. The number of amides is 2. The Bertz CT molecular complexity index is 1450. The molecule has 1 aliphatic rings. The second kappa shape index (κ2) is 11.1. The second-order valence-electron chi connectivity index (χ2n) is 8.01. The van der Waals surface area contributed by atoms with Crippen molar-refractivity contribution in [1.82, 2.24) is 10.0 Å². The van der Waals surface area contributed by atoms with Crippen molar-refractivity contribution in [1.29, 1.82) is 0 Å². The minimum atomic E-state index is -4.10. The van der Waals surface area contributed by atoms with Crippen LogP contribution in [0.15, 0.2) is 93.7 Å². The molecule has 0 aliphatic carbocycles. The molecule has 1 atom stereocenters. The van der Waals surface area contributed by atoms with Gasteiger partial charge in [0.1, 0.15) is 6.04 Å². The summed E-state index contributed by atoms with van der Waals surface area (Å²) in [5, 5.41) is 3.34. The highest BCUT2D eigenvalue weighted by molar-refractivity contribution is 8.18. The molecule has 184 valence electrons. The highest BCUT2D eigenvalue weighted by Crippen LogP contribution is 2.29. The molecule has 0 bridgehead atoms. The number of rotatable bonds is 7. The number of hydrogen-bond acceptors (Lipinski definition) is 6. The van der Waals surface area contributed by atoms with E-state index < -0.39 is 22.0 Å². The van der Waals surface area contributed by atoms with Crippen LogP contribution in [0.4, 0.5) is 0 Å². The van der Waals surface area contributed by atoms with Gasteiger partial charge in [0.15, 0.2) is 5.17 Å². The van der Waals surface area contributed by atoms with Crippen molar-refractivity contribution in [2.24, 2.45) is 4.99 Å².